The van der Waals surface area contributed by atoms with E-state index < -0.39 is 24.6 Å². The van der Waals surface area contributed by atoms with Crippen LogP contribution in [-0.4, -0.2) is 23.3 Å². The average Bonchev–Trinajstić information content (AvgIpc) is 1.60. The summed E-state index contributed by atoms with van der Waals surface area (Å²) >= 11 is 0. The van der Waals surface area contributed by atoms with Gasteiger partial charge in [0, 0.05) is 0 Å². The number of hydrogen-bond donors (Lipinski definition) is 2. The lowest BCUT2D eigenvalue weighted by atomic mass is 10.2. The minimum Gasteiger partial charge on any atom is -0.383 e. The quantitative estimate of drug-likeness (QED) is 0.582. The maximum atomic E-state index is 11.4. The average molecular weight is 157 g/mol. The van der Waals surface area contributed by atoms with Crippen LogP contribution in [0, 0.1) is 0 Å². The van der Waals surface area contributed by atoms with Gasteiger partial charge in [0.25, 0.3) is 0 Å². The van der Waals surface area contributed by atoms with Crippen molar-refractivity contribution < 1.29 is 23.1 Å². The Morgan fingerprint density at radius 2 is 2.00 bits per heavy atom. The minimum atomic E-state index is -4.75. The Morgan fingerprint density at radius 3 is 2.10 bits per heavy atom. The summed E-state index contributed by atoms with van der Waals surface area (Å²) in [6.45, 7) is 0. The Morgan fingerprint density at radius 1 is 1.60 bits per heavy atom. The van der Waals surface area contributed by atoms with Gasteiger partial charge in [-0.2, -0.15) is 13.2 Å². The Hall–Kier alpha value is -0.780. The molecular formula is C4H6F3NO2. The van der Waals surface area contributed by atoms with Crippen molar-refractivity contribution in [2.75, 3.05) is 0 Å². The summed E-state index contributed by atoms with van der Waals surface area (Å²) in [7, 11) is 0. The van der Waals surface area contributed by atoms with Crippen LogP contribution in [0.25, 0.3) is 0 Å². The fraction of sp³-hybridized carbons (Fsp3) is 0.750. The molecule has 3 nitrogen and oxygen atoms in total. The van der Waals surface area contributed by atoms with Gasteiger partial charge in [-0.1, -0.05) is 0 Å². The first-order chi connectivity index (χ1) is 4.34. The zero-order chi connectivity index (χ0) is 8.36. The van der Waals surface area contributed by atoms with E-state index in [0.29, 0.717) is 0 Å². The van der Waals surface area contributed by atoms with Crippen LogP contribution in [-0.2, 0) is 4.79 Å². The van der Waals surface area contributed by atoms with E-state index in [2.05, 4.69) is 5.73 Å². The molecule has 3 N–H and O–H groups in total. The number of carbonyl (C=O) groups is 1. The van der Waals surface area contributed by atoms with Crippen molar-refractivity contribution in [3.8, 4) is 0 Å². The molecule has 0 fully saturated rings. The molecule has 0 spiro atoms. The fourth-order valence-electron chi connectivity index (χ4n) is 0.306. The topological polar surface area (TPSA) is 63.3 Å². The Balaban J connectivity index is 3.85. The van der Waals surface area contributed by atoms with Crippen molar-refractivity contribution in [2.45, 2.75) is 18.7 Å². The maximum Gasteiger partial charge on any atom is 0.414 e. The summed E-state index contributed by atoms with van der Waals surface area (Å²) in [6, 6.07) is 0. The number of alkyl halides is 3. The zero-order valence-electron chi connectivity index (χ0n) is 4.85. The number of aliphatic hydroxyl groups excluding tert-OH is 1. The zero-order valence-corrected chi connectivity index (χ0v) is 4.85. The molecule has 0 radical (unpaired) electrons. The lowest BCUT2D eigenvalue weighted by Crippen LogP contribution is -2.32. The summed E-state index contributed by atoms with van der Waals surface area (Å²) in [5.74, 6) is -1.18. The number of aliphatic hydroxyl groups is 1. The number of amides is 1. The molecule has 0 rings (SSSR count). The van der Waals surface area contributed by atoms with Crippen molar-refractivity contribution >= 4 is 5.91 Å². The van der Waals surface area contributed by atoms with Crippen LogP contribution in [0.2, 0.25) is 0 Å². The first-order valence-corrected chi connectivity index (χ1v) is 2.37. The molecule has 0 bridgehead atoms. The highest BCUT2D eigenvalue weighted by atomic mass is 19.4. The number of primary amides is 1. The van der Waals surface area contributed by atoms with E-state index in [1.54, 1.807) is 0 Å². The number of carbonyl (C=O) groups excluding carboxylic acids is 1. The molecule has 60 valence electrons. The largest absolute Gasteiger partial charge is 0.414 e. The predicted molar refractivity (Wildman–Crippen MR) is 25.9 cm³/mol. The van der Waals surface area contributed by atoms with Gasteiger partial charge in [0.15, 0.2) is 6.10 Å². The molecule has 1 amide bonds. The first-order valence-electron chi connectivity index (χ1n) is 2.37. The molecule has 0 aromatic rings. The van der Waals surface area contributed by atoms with E-state index >= 15 is 0 Å². The molecule has 1 atom stereocenters. The summed E-state index contributed by atoms with van der Waals surface area (Å²) < 4.78 is 34.1. The van der Waals surface area contributed by atoms with Gasteiger partial charge in [-0.05, 0) is 0 Å². The third-order valence-electron chi connectivity index (χ3n) is 0.772. The first kappa shape index (κ1) is 9.22. The molecule has 0 aliphatic rings. The third kappa shape index (κ3) is 3.29. The van der Waals surface area contributed by atoms with E-state index in [0.717, 1.165) is 0 Å². The van der Waals surface area contributed by atoms with Gasteiger partial charge in [0.05, 0.1) is 6.42 Å². The predicted octanol–water partition coefficient (Wildman–Crippen LogP) is -0.215. The van der Waals surface area contributed by atoms with Gasteiger partial charge < -0.3 is 10.8 Å². The molecule has 0 aromatic carbocycles. The molecule has 0 aromatic heterocycles. The Labute approximate surface area is 54.6 Å². The highest BCUT2D eigenvalue weighted by Crippen LogP contribution is 2.21. The summed E-state index contributed by atoms with van der Waals surface area (Å²) in [6.07, 6.45) is -8.47. The second-order valence-electron chi connectivity index (χ2n) is 1.73. The van der Waals surface area contributed by atoms with Crippen LogP contribution in [0.3, 0.4) is 0 Å². The van der Waals surface area contributed by atoms with Gasteiger partial charge in [-0.25, -0.2) is 0 Å². The molecule has 10 heavy (non-hydrogen) atoms. The number of hydrogen-bond acceptors (Lipinski definition) is 2. The number of nitrogens with two attached hydrogens (primary N) is 1. The van der Waals surface area contributed by atoms with E-state index in [4.69, 9.17) is 5.11 Å². The number of rotatable bonds is 2. The summed E-state index contributed by atoms with van der Waals surface area (Å²) in [5, 5.41) is 8.13. The van der Waals surface area contributed by atoms with Crippen LogP contribution >= 0.6 is 0 Å². The lowest BCUT2D eigenvalue weighted by molar-refractivity contribution is -0.205. The normalized spacial score (nSPS) is 14.8. The van der Waals surface area contributed by atoms with E-state index in [1.165, 1.54) is 0 Å². The van der Waals surface area contributed by atoms with Crippen LogP contribution in [0.1, 0.15) is 6.42 Å². The van der Waals surface area contributed by atoms with Crippen molar-refractivity contribution in [1.29, 1.82) is 0 Å². The summed E-state index contributed by atoms with van der Waals surface area (Å²) in [5.41, 5.74) is 4.39. The second-order valence-corrected chi connectivity index (χ2v) is 1.73. The van der Waals surface area contributed by atoms with Gasteiger partial charge in [-0.3, -0.25) is 4.79 Å². The highest BCUT2D eigenvalue weighted by Gasteiger charge is 2.38. The minimum absolute atomic E-state index is 1.08. The smallest absolute Gasteiger partial charge is 0.383 e. The SMILES string of the molecule is NC(=O)CC(O)C(F)(F)F. The molecule has 0 aliphatic heterocycles. The molecule has 1 unspecified atom stereocenters. The lowest BCUT2D eigenvalue weighted by Gasteiger charge is -2.11. The van der Waals surface area contributed by atoms with Gasteiger partial charge >= 0.3 is 6.18 Å². The summed E-state index contributed by atoms with van der Waals surface area (Å²) in [4.78, 5) is 9.82. The monoisotopic (exact) mass is 157 g/mol. The van der Waals surface area contributed by atoms with Crippen LogP contribution in [0.5, 0.6) is 0 Å². The molecule has 0 aliphatic carbocycles. The van der Waals surface area contributed by atoms with Crippen LogP contribution < -0.4 is 5.73 Å². The molecule has 0 saturated heterocycles. The Kier molecular flexibility index (Phi) is 2.65. The van der Waals surface area contributed by atoms with Crippen molar-refractivity contribution in [1.82, 2.24) is 0 Å². The standard InChI is InChI=1S/C4H6F3NO2/c5-4(6,7)2(9)1-3(8)10/h2,9H,1H2,(H2,8,10). The van der Waals surface area contributed by atoms with Gasteiger partial charge in [0.1, 0.15) is 0 Å². The van der Waals surface area contributed by atoms with Crippen LogP contribution in [0.4, 0.5) is 13.2 Å². The Bertz CT molecular complexity index is 133. The van der Waals surface area contributed by atoms with Crippen LogP contribution in [0.15, 0.2) is 0 Å². The second kappa shape index (κ2) is 2.87. The van der Waals surface area contributed by atoms with E-state index in [1.807, 2.05) is 0 Å². The molecule has 0 heterocycles. The van der Waals surface area contributed by atoms with Gasteiger partial charge in [0.2, 0.25) is 5.91 Å². The number of halogens is 3. The van der Waals surface area contributed by atoms with Crippen molar-refractivity contribution in [3.05, 3.63) is 0 Å². The van der Waals surface area contributed by atoms with Gasteiger partial charge in [-0.15, -0.1) is 0 Å². The molecule has 0 saturated carbocycles. The maximum absolute atomic E-state index is 11.4. The highest BCUT2D eigenvalue weighted by molar-refractivity contribution is 5.74. The van der Waals surface area contributed by atoms with E-state index in [9.17, 15) is 18.0 Å². The van der Waals surface area contributed by atoms with E-state index in [-0.39, 0.29) is 0 Å². The molecular weight excluding hydrogens is 151 g/mol. The van der Waals surface area contributed by atoms with Crippen molar-refractivity contribution in [2.24, 2.45) is 5.73 Å². The van der Waals surface area contributed by atoms with Crippen molar-refractivity contribution in [3.63, 3.8) is 0 Å². The fourth-order valence-corrected chi connectivity index (χ4v) is 0.306. The third-order valence-corrected chi connectivity index (χ3v) is 0.772. The molecule has 6 heteroatoms.